The number of anilines is 1. The zero-order valence-electron chi connectivity index (χ0n) is 18.2. The van der Waals surface area contributed by atoms with Crippen molar-refractivity contribution in [1.29, 1.82) is 0 Å². The summed E-state index contributed by atoms with van der Waals surface area (Å²) in [4.78, 5) is 6.43. The van der Waals surface area contributed by atoms with Crippen LogP contribution >= 0.6 is 0 Å². The highest BCUT2D eigenvalue weighted by Crippen LogP contribution is 2.31. The third-order valence-corrected chi connectivity index (χ3v) is 7.58. The third-order valence-electron chi connectivity index (χ3n) is 5.67. The molecular weight excluding hydrogens is 454 g/mol. The molecule has 33 heavy (non-hydrogen) atoms. The fraction of sp³-hybridized carbons (Fsp3) is 0.364. The lowest BCUT2D eigenvalue weighted by molar-refractivity contribution is -0.0498. The van der Waals surface area contributed by atoms with Crippen LogP contribution in [0.1, 0.15) is 25.2 Å². The van der Waals surface area contributed by atoms with Gasteiger partial charge in [-0.25, -0.2) is 8.42 Å². The molecule has 0 bridgehead atoms. The number of hydrogen-bond donors (Lipinski definition) is 0. The highest BCUT2D eigenvalue weighted by Gasteiger charge is 2.33. The maximum Gasteiger partial charge on any atom is 0.387 e. The Bertz CT molecular complexity index is 1180. The summed E-state index contributed by atoms with van der Waals surface area (Å²) in [5, 5.41) is 4.16. The Labute approximate surface area is 190 Å². The smallest absolute Gasteiger partial charge is 0.387 e. The first kappa shape index (κ1) is 23.1. The number of hydrogen-bond acceptors (Lipinski definition) is 7. The standard InChI is InChI=1S/C22H24F2N4O4S/c1-22(2,16-6-4-3-5-7-16)19-25-21(32-26-19)27-12-14-28(15-13-27)33(29,30)18-10-8-17(9-11-18)31-20(23)24/h3-11,20H,12-15H2,1-2H3. The van der Waals surface area contributed by atoms with Crippen LogP contribution in [0.2, 0.25) is 0 Å². The molecule has 1 aromatic heterocycles. The summed E-state index contributed by atoms with van der Waals surface area (Å²) in [6, 6.07) is 15.2. The minimum Gasteiger partial charge on any atom is -0.435 e. The van der Waals surface area contributed by atoms with E-state index in [1.807, 2.05) is 49.1 Å². The summed E-state index contributed by atoms with van der Waals surface area (Å²) < 4.78 is 61.6. The zero-order chi connectivity index (χ0) is 23.6. The molecule has 3 aromatic rings. The van der Waals surface area contributed by atoms with Crippen LogP contribution in [0.3, 0.4) is 0 Å². The number of ether oxygens (including phenoxy) is 1. The van der Waals surface area contributed by atoms with E-state index in [-0.39, 0.29) is 23.7 Å². The minimum absolute atomic E-state index is 0.0160. The van der Waals surface area contributed by atoms with Gasteiger partial charge in [-0.15, -0.1) is 0 Å². The van der Waals surface area contributed by atoms with Gasteiger partial charge in [0.1, 0.15) is 5.75 Å². The van der Waals surface area contributed by atoms with Crippen LogP contribution in [0.25, 0.3) is 0 Å². The molecule has 0 radical (unpaired) electrons. The van der Waals surface area contributed by atoms with Gasteiger partial charge in [0.25, 0.3) is 0 Å². The van der Waals surface area contributed by atoms with E-state index in [1.165, 1.54) is 28.6 Å². The molecular formula is C22H24F2N4O4S. The molecule has 1 fully saturated rings. The van der Waals surface area contributed by atoms with Crippen LogP contribution in [-0.4, -0.2) is 55.7 Å². The molecule has 1 saturated heterocycles. The van der Waals surface area contributed by atoms with Crippen molar-refractivity contribution < 1.29 is 26.5 Å². The van der Waals surface area contributed by atoms with Gasteiger partial charge in [0.2, 0.25) is 10.0 Å². The van der Waals surface area contributed by atoms with E-state index in [2.05, 4.69) is 14.9 Å². The van der Waals surface area contributed by atoms with Crippen LogP contribution in [-0.2, 0) is 15.4 Å². The Kier molecular flexibility index (Phi) is 6.35. The van der Waals surface area contributed by atoms with Crippen LogP contribution in [0.15, 0.2) is 64.0 Å². The molecule has 4 rings (SSSR count). The number of piperazine rings is 1. The first-order chi connectivity index (χ1) is 15.7. The Morgan fingerprint density at radius 2 is 1.64 bits per heavy atom. The second-order valence-electron chi connectivity index (χ2n) is 8.13. The Morgan fingerprint density at radius 1 is 1.00 bits per heavy atom. The summed E-state index contributed by atoms with van der Waals surface area (Å²) in [6.07, 6.45) is 0. The number of sulfonamides is 1. The molecule has 0 unspecified atom stereocenters. The van der Waals surface area contributed by atoms with E-state index in [4.69, 9.17) is 4.52 Å². The van der Waals surface area contributed by atoms with Crippen LogP contribution in [0.4, 0.5) is 14.8 Å². The van der Waals surface area contributed by atoms with E-state index in [1.54, 1.807) is 0 Å². The normalized spacial score (nSPS) is 15.7. The number of nitrogens with zero attached hydrogens (tertiary/aromatic N) is 4. The summed E-state index contributed by atoms with van der Waals surface area (Å²) in [6.45, 7) is 2.25. The molecule has 176 valence electrons. The maximum absolute atomic E-state index is 12.9. The van der Waals surface area contributed by atoms with Gasteiger partial charge in [-0.1, -0.05) is 35.5 Å². The van der Waals surface area contributed by atoms with Crippen LogP contribution < -0.4 is 9.64 Å². The zero-order valence-corrected chi connectivity index (χ0v) is 19.0. The monoisotopic (exact) mass is 478 g/mol. The SMILES string of the molecule is CC(C)(c1ccccc1)c1noc(N2CCN(S(=O)(=O)c3ccc(OC(F)F)cc3)CC2)n1. The largest absolute Gasteiger partial charge is 0.435 e. The molecule has 2 heterocycles. The summed E-state index contributed by atoms with van der Waals surface area (Å²) in [7, 11) is -3.77. The molecule has 2 aromatic carbocycles. The minimum atomic E-state index is -3.77. The van der Waals surface area contributed by atoms with Crippen molar-refractivity contribution in [2.24, 2.45) is 0 Å². The lowest BCUT2D eigenvalue weighted by Gasteiger charge is -2.32. The van der Waals surface area contributed by atoms with Gasteiger partial charge in [-0.3, -0.25) is 0 Å². The number of rotatable bonds is 7. The molecule has 0 N–H and O–H groups in total. The first-order valence-corrected chi connectivity index (χ1v) is 11.8. The van der Waals surface area contributed by atoms with Crippen molar-refractivity contribution in [1.82, 2.24) is 14.4 Å². The first-order valence-electron chi connectivity index (χ1n) is 10.4. The highest BCUT2D eigenvalue weighted by molar-refractivity contribution is 7.89. The fourth-order valence-corrected chi connectivity index (χ4v) is 5.07. The van der Waals surface area contributed by atoms with Crippen molar-refractivity contribution in [3.63, 3.8) is 0 Å². The average molecular weight is 479 g/mol. The highest BCUT2D eigenvalue weighted by atomic mass is 32.2. The lowest BCUT2D eigenvalue weighted by atomic mass is 9.84. The van der Waals surface area contributed by atoms with Crippen molar-refractivity contribution in [2.75, 3.05) is 31.1 Å². The van der Waals surface area contributed by atoms with E-state index in [0.717, 1.165) is 5.56 Å². The van der Waals surface area contributed by atoms with Crippen molar-refractivity contribution in [3.8, 4) is 5.75 Å². The van der Waals surface area contributed by atoms with Crippen LogP contribution in [0, 0.1) is 0 Å². The average Bonchev–Trinajstić information content (AvgIpc) is 3.31. The van der Waals surface area contributed by atoms with Crippen LogP contribution in [0.5, 0.6) is 5.75 Å². The van der Waals surface area contributed by atoms with Gasteiger partial charge in [-0.05, 0) is 43.7 Å². The third kappa shape index (κ3) is 4.83. The summed E-state index contributed by atoms with van der Waals surface area (Å²) >= 11 is 0. The quantitative estimate of drug-likeness (QED) is 0.513. The van der Waals surface area contributed by atoms with Gasteiger partial charge >= 0.3 is 12.6 Å². The topological polar surface area (TPSA) is 88.8 Å². The molecule has 1 aliphatic heterocycles. The van der Waals surface area contributed by atoms with Crippen molar-refractivity contribution >= 4 is 16.0 Å². The van der Waals surface area contributed by atoms with Gasteiger partial charge in [0, 0.05) is 26.2 Å². The van der Waals surface area contributed by atoms with E-state index in [9.17, 15) is 17.2 Å². The maximum atomic E-state index is 12.9. The molecule has 8 nitrogen and oxygen atoms in total. The predicted octanol–water partition coefficient (Wildman–Crippen LogP) is 3.51. The summed E-state index contributed by atoms with van der Waals surface area (Å²) in [5.41, 5.74) is 0.604. The second-order valence-corrected chi connectivity index (χ2v) is 10.1. The number of halogens is 2. The van der Waals surface area contributed by atoms with Gasteiger partial charge in [-0.2, -0.15) is 18.1 Å². The van der Waals surface area contributed by atoms with E-state index < -0.39 is 22.0 Å². The second kappa shape index (κ2) is 9.06. The number of benzene rings is 2. The predicted molar refractivity (Wildman–Crippen MR) is 117 cm³/mol. The number of aromatic nitrogens is 2. The molecule has 1 aliphatic rings. The van der Waals surface area contributed by atoms with Crippen molar-refractivity contribution in [3.05, 3.63) is 66.0 Å². The summed E-state index contributed by atoms with van der Waals surface area (Å²) in [5.74, 6) is 0.448. The van der Waals surface area contributed by atoms with Gasteiger partial charge < -0.3 is 14.2 Å². The van der Waals surface area contributed by atoms with E-state index >= 15 is 0 Å². The molecule has 11 heteroatoms. The van der Waals surface area contributed by atoms with E-state index in [0.29, 0.717) is 24.9 Å². The Morgan fingerprint density at radius 3 is 2.24 bits per heavy atom. The Balaban J connectivity index is 1.42. The number of alkyl halides is 2. The van der Waals surface area contributed by atoms with Gasteiger partial charge in [0.05, 0.1) is 10.3 Å². The van der Waals surface area contributed by atoms with Crippen molar-refractivity contribution in [2.45, 2.75) is 30.8 Å². The molecule has 0 atom stereocenters. The lowest BCUT2D eigenvalue weighted by Crippen LogP contribution is -2.48. The van der Waals surface area contributed by atoms with Gasteiger partial charge in [0.15, 0.2) is 5.82 Å². The fourth-order valence-electron chi connectivity index (χ4n) is 3.64. The molecule has 0 aliphatic carbocycles. The molecule has 0 amide bonds. The molecule has 0 saturated carbocycles. The molecule has 0 spiro atoms. The Hall–Kier alpha value is -3.05.